The van der Waals surface area contributed by atoms with E-state index in [-0.39, 0.29) is 5.91 Å². The number of rotatable bonds is 0. The van der Waals surface area contributed by atoms with Crippen molar-refractivity contribution >= 4 is 23.0 Å². The van der Waals surface area contributed by atoms with Gasteiger partial charge >= 0.3 is 0 Å². The molecular weight excluding hydrogens is 248 g/mol. The Bertz CT molecular complexity index is 564. The van der Waals surface area contributed by atoms with Crippen LogP contribution in [0.25, 0.3) is 0 Å². The monoisotopic (exact) mass is 270 g/mol. The number of para-hydroxylation sites is 3. The maximum atomic E-state index is 11.9. The Kier molecular flexibility index (Phi) is 6.30. The first-order valence-electron chi connectivity index (χ1n) is 7.11. The van der Waals surface area contributed by atoms with Gasteiger partial charge in [-0.15, -0.1) is 0 Å². The van der Waals surface area contributed by atoms with E-state index in [4.69, 9.17) is 0 Å². The summed E-state index contributed by atoms with van der Waals surface area (Å²) in [6, 6.07) is 15.1. The normalized spacial score (nSPS) is 10.9. The molecule has 1 amide bonds. The van der Waals surface area contributed by atoms with Gasteiger partial charge in [0, 0.05) is 0 Å². The second-order valence-electron chi connectivity index (χ2n) is 3.67. The first kappa shape index (κ1) is 15.8. The molecule has 0 unspecified atom stereocenters. The summed E-state index contributed by atoms with van der Waals surface area (Å²) >= 11 is 0. The second-order valence-corrected chi connectivity index (χ2v) is 3.67. The Balaban J connectivity index is 0.000000461. The van der Waals surface area contributed by atoms with Gasteiger partial charge < -0.3 is 10.6 Å². The van der Waals surface area contributed by atoms with Gasteiger partial charge in [-0.25, -0.2) is 0 Å². The van der Waals surface area contributed by atoms with Crippen LogP contribution in [-0.4, -0.2) is 5.91 Å². The lowest BCUT2D eigenvalue weighted by Gasteiger charge is -2.07. The fourth-order valence-corrected chi connectivity index (χ4v) is 1.83. The molecule has 3 rings (SSSR count). The first-order valence-corrected chi connectivity index (χ1v) is 7.11. The Hall–Kier alpha value is -2.29. The minimum absolute atomic E-state index is 0.0759. The maximum Gasteiger partial charge on any atom is 0.257 e. The summed E-state index contributed by atoms with van der Waals surface area (Å²) in [6.45, 7) is 8.00. The molecule has 0 radical (unpaired) electrons. The third kappa shape index (κ3) is 3.38. The predicted octanol–water partition coefficient (Wildman–Crippen LogP) is 5.05. The van der Waals surface area contributed by atoms with Crippen LogP contribution in [0.5, 0.6) is 0 Å². The maximum absolute atomic E-state index is 11.9. The number of carbonyl (C=O) groups is 1. The van der Waals surface area contributed by atoms with Crippen LogP contribution in [0.1, 0.15) is 38.1 Å². The molecule has 0 atom stereocenters. The van der Waals surface area contributed by atoms with E-state index in [2.05, 4.69) is 10.6 Å². The topological polar surface area (TPSA) is 41.1 Å². The molecule has 1 aliphatic heterocycles. The molecule has 0 spiro atoms. The summed E-state index contributed by atoms with van der Waals surface area (Å²) < 4.78 is 0. The van der Waals surface area contributed by atoms with Crippen molar-refractivity contribution < 1.29 is 4.79 Å². The van der Waals surface area contributed by atoms with Crippen LogP contribution < -0.4 is 10.6 Å². The molecule has 1 heterocycles. The summed E-state index contributed by atoms with van der Waals surface area (Å²) in [5, 5.41) is 6.13. The summed E-state index contributed by atoms with van der Waals surface area (Å²) in [5.41, 5.74) is 3.23. The standard InChI is InChI=1S/C13H10N2O.2C2H6/c16-13-9-5-1-2-6-10(9)14-11-7-3-4-8-12(11)15-13;2*1-2/h1-8,14H,(H,15,16);2*1-2H3. The number of hydrogen-bond acceptors (Lipinski definition) is 2. The van der Waals surface area contributed by atoms with Gasteiger partial charge in [0.05, 0.1) is 22.6 Å². The van der Waals surface area contributed by atoms with Crippen molar-refractivity contribution in [3.05, 3.63) is 54.1 Å². The van der Waals surface area contributed by atoms with Crippen molar-refractivity contribution in [2.75, 3.05) is 10.6 Å². The number of carbonyl (C=O) groups excluding carboxylic acids is 1. The number of hydrogen-bond donors (Lipinski definition) is 2. The molecule has 0 saturated heterocycles. The van der Waals surface area contributed by atoms with Crippen LogP contribution in [0.15, 0.2) is 48.5 Å². The molecule has 0 fully saturated rings. The van der Waals surface area contributed by atoms with E-state index in [1.165, 1.54) is 0 Å². The zero-order valence-corrected chi connectivity index (χ0v) is 12.5. The molecule has 20 heavy (non-hydrogen) atoms. The van der Waals surface area contributed by atoms with E-state index >= 15 is 0 Å². The quantitative estimate of drug-likeness (QED) is 0.703. The number of fused-ring (bicyclic) bond motifs is 2. The Morgan fingerprint density at radius 3 is 1.70 bits per heavy atom. The smallest absolute Gasteiger partial charge is 0.257 e. The molecule has 3 heteroatoms. The highest BCUT2D eigenvalue weighted by atomic mass is 16.1. The van der Waals surface area contributed by atoms with Crippen molar-refractivity contribution in [3.63, 3.8) is 0 Å². The summed E-state index contributed by atoms with van der Waals surface area (Å²) in [5.74, 6) is -0.0759. The van der Waals surface area contributed by atoms with Crippen molar-refractivity contribution in [2.24, 2.45) is 0 Å². The number of amides is 1. The van der Waals surface area contributed by atoms with Gasteiger partial charge in [0.2, 0.25) is 0 Å². The number of benzene rings is 2. The highest BCUT2D eigenvalue weighted by molar-refractivity contribution is 6.11. The fourth-order valence-electron chi connectivity index (χ4n) is 1.83. The van der Waals surface area contributed by atoms with E-state index in [1.807, 2.05) is 76.2 Å². The van der Waals surface area contributed by atoms with Crippen molar-refractivity contribution in [1.82, 2.24) is 0 Å². The summed E-state index contributed by atoms with van der Waals surface area (Å²) in [4.78, 5) is 11.9. The number of anilines is 3. The average molecular weight is 270 g/mol. The molecule has 2 aromatic carbocycles. The van der Waals surface area contributed by atoms with Crippen LogP contribution in [0.2, 0.25) is 0 Å². The van der Waals surface area contributed by atoms with Crippen molar-refractivity contribution in [2.45, 2.75) is 27.7 Å². The number of nitrogens with one attached hydrogen (secondary N) is 2. The van der Waals surface area contributed by atoms with Gasteiger partial charge in [-0.05, 0) is 24.3 Å². The average Bonchev–Trinajstić information content (AvgIpc) is 2.67. The first-order chi connectivity index (χ1) is 9.84. The highest BCUT2D eigenvalue weighted by Gasteiger charge is 2.17. The van der Waals surface area contributed by atoms with E-state index in [9.17, 15) is 4.79 Å². The van der Waals surface area contributed by atoms with Crippen LogP contribution in [0.3, 0.4) is 0 Å². The predicted molar refractivity (Wildman–Crippen MR) is 86.8 cm³/mol. The Morgan fingerprint density at radius 2 is 1.10 bits per heavy atom. The fraction of sp³-hybridized carbons (Fsp3) is 0.235. The minimum Gasteiger partial charge on any atom is -0.353 e. The van der Waals surface area contributed by atoms with Gasteiger partial charge in [-0.1, -0.05) is 52.0 Å². The van der Waals surface area contributed by atoms with Gasteiger partial charge in [0.25, 0.3) is 5.91 Å². The van der Waals surface area contributed by atoms with Gasteiger partial charge in [0.1, 0.15) is 0 Å². The molecule has 1 aliphatic rings. The minimum atomic E-state index is -0.0759. The summed E-state index contributed by atoms with van der Waals surface area (Å²) in [6.07, 6.45) is 0. The molecule has 3 nitrogen and oxygen atoms in total. The van der Waals surface area contributed by atoms with E-state index in [0.29, 0.717) is 5.56 Å². The Morgan fingerprint density at radius 1 is 0.650 bits per heavy atom. The highest BCUT2D eigenvalue weighted by Crippen LogP contribution is 2.31. The third-order valence-corrected chi connectivity index (χ3v) is 2.62. The molecule has 106 valence electrons. The lowest BCUT2D eigenvalue weighted by atomic mass is 10.1. The van der Waals surface area contributed by atoms with Gasteiger partial charge in [-0.2, -0.15) is 0 Å². The van der Waals surface area contributed by atoms with Gasteiger partial charge in [0.15, 0.2) is 0 Å². The molecule has 2 N–H and O–H groups in total. The van der Waals surface area contributed by atoms with E-state index in [1.54, 1.807) is 0 Å². The van der Waals surface area contributed by atoms with Crippen LogP contribution in [-0.2, 0) is 0 Å². The van der Waals surface area contributed by atoms with Gasteiger partial charge in [-0.3, -0.25) is 4.79 Å². The molecule has 2 aromatic rings. The van der Waals surface area contributed by atoms with Crippen LogP contribution in [0.4, 0.5) is 17.1 Å². The molecule has 0 aliphatic carbocycles. The van der Waals surface area contributed by atoms with Crippen molar-refractivity contribution in [3.8, 4) is 0 Å². The summed E-state index contributed by atoms with van der Waals surface area (Å²) in [7, 11) is 0. The van der Waals surface area contributed by atoms with E-state index in [0.717, 1.165) is 17.1 Å². The Labute approximate surface area is 121 Å². The molecular formula is C17H22N2O. The SMILES string of the molecule is CC.CC.O=C1Nc2ccccc2Nc2ccccc21. The second kappa shape index (κ2) is 8.00. The largest absolute Gasteiger partial charge is 0.353 e. The zero-order chi connectivity index (χ0) is 15.0. The zero-order valence-electron chi connectivity index (χ0n) is 12.5. The third-order valence-electron chi connectivity index (χ3n) is 2.62. The molecule has 0 saturated carbocycles. The van der Waals surface area contributed by atoms with Crippen LogP contribution >= 0.6 is 0 Å². The lowest BCUT2D eigenvalue weighted by Crippen LogP contribution is -2.10. The van der Waals surface area contributed by atoms with Crippen LogP contribution in [0, 0.1) is 0 Å². The van der Waals surface area contributed by atoms with Crippen molar-refractivity contribution in [1.29, 1.82) is 0 Å². The van der Waals surface area contributed by atoms with E-state index < -0.39 is 0 Å². The molecule has 0 aromatic heterocycles. The lowest BCUT2D eigenvalue weighted by molar-refractivity contribution is 0.102. The molecule has 0 bridgehead atoms.